The minimum Gasteiger partial charge on any atom is -0.504 e. The number of carbonyl (C=O) groups is 2. The molecule has 0 radical (unpaired) electrons. The summed E-state index contributed by atoms with van der Waals surface area (Å²) in [5, 5.41) is 85.8. The van der Waals surface area contributed by atoms with Gasteiger partial charge in [0, 0.05) is 30.2 Å². The summed E-state index contributed by atoms with van der Waals surface area (Å²) < 4.78 is 80.3. The fourth-order valence-corrected chi connectivity index (χ4v) is 9.55. The lowest BCUT2D eigenvalue weighted by atomic mass is 9.84. The molecular weight excluding hydrogens is 1090 g/mol. The van der Waals surface area contributed by atoms with E-state index in [-0.39, 0.29) is 99.4 Å². The van der Waals surface area contributed by atoms with Gasteiger partial charge >= 0.3 is 11.9 Å². The molecule has 2 fully saturated rings. The summed E-state index contributed by atoms with van der Waals surface area (Å²) in [7, 11) is 10.9. The van der Waals surface area contributed by atoms with Gasteiger partial charge in [-0.15, -0.1) is 0 Å². The number of aliphatic hydroxyl groups excluding tert-OH is 5. The van der Waals surface area contributed by atoms with Gasteiger partial charge < -0.3 is 107 Å². The Kier molecular flexibility index (Phi) is 21.4. The van der Waals surface area contributed by atoms with Crippen LogP contribution in [-0.4, -0.2) is 173 Å². The van der Waals surface area contributed by atoms with Crippen LogP contribution in [0.15, 0.2) is 84.9 Å². The van der Waals surface area contributed by atoms with Gasteiger partial charge in [0.25, 0.3) is 0 Å². The van der Waals surface area contributed by atoms with Crippen molar-refractivity contribution in [3.63, 3.8) is 0 Å². The number of hydrogen-bond acceptors (Lipinski definition) is 24. The van der Waals surface area contributed by atoms with Gasteiger partial charge in [-0.05, 0) is 107 Å². The summed E-state index contributed by atoms with van der Waals surface area (Å²) in [6.07, 6.45) is -6.90. The molecule has 24 heteroatoms. The number of benzene rings is 5. The number of esters is 2. The Balaban J connectivity index is 1.10. The van der Waals surface area contributed by atoms with Crippen LogP contribution in [0.3, 0.4) is 0 Å². The number of methoxy groups -OCH3 is 8. The lowest BCUT2D eigenvalue weighted by molar-refractivity contribution is -0.281. The quantitative estimate of drug-likeness (QED) is 0.0277. The molecule has 7 rings (SSSR count). The molecule has 5 aromatic rings. The van der Waals surface area contributed by atoms with Gasteiger partial charge in [-0.2, -0.15) is 0 Å². The zero-order valence-electron chi connectivity index (χ0n) is 46.7. The number of hydrogen-bond donors (Lipinski definition) is 8. The monoisotopic (exact) mass is 1160 g/mol. The first kappa shape index (κ1) is 62.2. The van der Waals surface area contributed by atoms with Crippen molar-refractivity contribution in [1.29, 1.82) is 0 Å². The molecule has 0 aromatic heterocycles. The molecule has 2 aliphatic rings. The number of phenols is 3. The molecule has 0 bridgehead atoms. The van der Waals surface area contributed by atoms with Crippen LogP contribution in [-0.2, 0) is 35.0 Å². The highest BCUT2D eigenvalue weighted by atomic mass is 16.7. The number of carbonyl (C=O) groups excluding carboxylic acids is 2. The molecule has 0 spiro atoms. The normalized spacial score (nSPS) is 21.2. The summed E-state index contributed by atoms with van der Waals surface area (Å²) in [4.78, 5) is 26.4. The molecule has 0 aliphatic carbocycles. The summed E-state index contributed by atoms with van der Waals surface area (Å²) in [5.41, 5.74) is 2.40. The Bertz CT molecular complexity index is 3010. The Labute approximate surface area is 477 Å². The zero-order valence-corrected chi connectivity index (χ0v) is 46.7. The summed E-state index contributed by atoms with van der Waals surface area (Å²) in [5.74, 6) is -2.37. The van der Waals surface area contributed by atoms with Crippen LogP contribution in [0.4, 0.5) is 0 Å². The van der Waals surface area contributed by atoms with Gasteiger partial charge in [-0.25, -0.2) is 9.59 Å². The first-order valence-electron chi connectivity index (χ1n) is 25.8. The van der Waals surface area contributed by atoms with E-state index in [2.05, 4.69) is 0 Å². The maximum absolute atomic E-state index is 13.3. The summed E-state index contributed by atoms with van der Waals surface area (Å²) in [6.45, 7) is -1.49. The Morgan fingerprint density at radius 2 is 1.16 bits per heavy atom. The van der Waals surface area contributed by atoms with E-state index in [1.807, 2.05) is 0 Å². The van der Waals surface area contributed by atoms with Crippen LogP contribution in [0.5, 0.6) is 74.7 Å². The van der Waals surface area contributed by atoms with E-state index >= 15 is 0 Å². The van der Waals surface area contributed by atoms with Crippen molar-refractivity contribution in [3.8, 4) is 74.7 Å². The average molecular weight is 1160 g/mol. The van der Waals surface area contributed by atoms with Crippen LogP contribution in [0, 0.1) is 11.8 Å². The number of aromatic hydroxyl groups is 3. The Hall–Kier alpha value is -8.36. The van der Waals surface area contributed by atoms with Crippen molar-refractivity contribution in [3.05, 3.63) is 113 Å². The number of ether oxygens (including phenoxy) is 14. The maximum atomic E-state index is 13.3. The second kappa shape index (κ2) is 28.6. The van der Waals surface area contributed by atoms with E-state index in [0.717, 1.165) is 12.2 Å². The second-order valence-corrected chi connectivity index (χ2v) is 18.9. The third-order valence-corrected chi connectivity index (χ3v) is 13.9. The van der Waals surface area contributed by atoms with E-state index in [1.165, 1.54) is 118 Å². The molecule has 83 heavy (non-hydrogen) atoms. The summed E-state index contributed by atoms with van der Waals surface area (Å²) in [6, 6.07) is 18.2. The van der Waals surface area contributed by atoms with E-state index in [1.54, 1.807) is 24.3 Å². The minimum absolute atomic E-state index is 0.0246. The Morgan fingerprint density at radius 1 is 0.639 bits per heavy atom. The highest BCUT2D eigenvalue weighted by molar-refractivity contribution is 5.88. The molecular formula is C59H68O24. The fraction of sp³-hybridized carbons (Fsp3) is 0.390. The number of aliphatic hydroxyl groups is 5. The fourth-order valence-electron chi connectivity index (χ4n) is 9.55. The predicted molar refractivity (Wildman–Crippen MR) is 293 cm³/mol. The maximum Gasteiger partial charge on any atom is 0.331 e. The first-order valence-corrected chi connectivity index (χ1v) is 25.8. The van der Waals surface area contributed by atoms with Crippen molar-refractivity contribution < 1.29 is 117 Å². The van der Waals surface area contributed by atoms with Crippen molar-refractivity contribution in [2.24, 2.45) is 11.8 Å². The van der Waals surface area contributed by atoms with Gasteiger partial charge in [0.15, 0.2) is 69.7 Å². The topological polar surface area (TPSA) is 325 Å². The SMILES string of the molecule is COc1cc(C=CC(=O)OCC2OC(Oc3c(OC)cc(CC4COC(c5cc(OC)c(OC(c6cc(OC)c(O)c(OC)c6)C(O)CO)c(OC)c5)C4CO)cc3OC)C(O)C(O)C2OC(=O)C=Cc2ccc(O)c(OC)c2)ccc1O. The van der Waals surface area contributed by atoms with Gasteiger partial charge in [0.1, 0.15) is 31.0 Å². The van der Waals surface area contributed by atoms with Crippen molar-refractivity contribution in [2.75, 3.05) is 83.3 Å². The Morgan fingerprint density at radius 3 is 1.66 bits per heavy atom. The molecule has 5 aromatic carbocycles. The molecule has 2 saturated heterocycles. The minimum atomic E-state index is -1.90. The molecule has 0 amide bonds. The van der Waals surface area contributed by atoms with Crippen LogP contribution in [0.1, 0.15) is 40.0 Å². The van der Waals surface area contributed by atoms with Crippen molar-refractivity contribution >= 4 is 24.1 Å². The smallest absolute Gasteiger partial charge is 0.331 e. The van der Waals surface area contributed by atoms with E-state index in [4.69, 9.17) is 66.3 Å². The highest BCUT2D eigenvalue weighted by Crippen LogP contribution is 2.49. The number of phenolic OH excluding ortho intramolecular Hbond substituents is 3. The molecule has 0 saturated carbocycles. The van der Waals surface area contributed by atoms with Gasteiger partial charge in [0.05, 0.1) is 76.2 Å². The number of rotatable bonds is 26. The van der Waals surface area contributed by atoms with E-state index < -0.39 is 80.1 Å². The largest absolute Gasteiger partial charge is 0.504 e. The van der Waals surface area contributed by atoms with E-state index in [0.29, 0.717) is 28.7 Å². The third-order valence-electron chi connectivity index (χ3n) is 13.9. The van der Waals surface area contributed by atoms with Gasteiger partial charge in [0.2, 0.25) is 23.5 Å². The van der Waals surface area contributed by atoms with Crippen LogP contribution < -0.4 is 47.4 Å². The lowest BCUT2D eigenvalue weighted by Gasteiger charge is -2.41. The predicted octanol–water partition coefficient (Wildman–Crippen LogP) is 4.59. The van der Waals surface area contributed by atoms with Crippen molar-refractivity contribution in [1.82, 2.24) is 0 Å². The van der Waals surface area contributed by atoms with Crippen LogP contribution in [0.2, 0.25) is 0 Å². The zero-order chi connectivity index (χ0) is 60.1. The van der Waals surface area contributed by atoms with Gasteiger partial charge in [-0.1, -0.05) is 12.1 Å². The second-order valence-electron chi connectivity index (χ2n) is 18.9. The molecule has 10 atom stereocenters. The molecule has 24 nitrogen and oxygen atoms in total. The highest BCUT2D eigenvalue weighted by Gasteiger charge is 2.49. The molecule has 8 N–H and O–H groups in total. The summed E-state index contributed by atoms with van der Waals surface area (Å²) >= 11 is 0. The molecule has 2 heterocycles. The van der Waals surface area contributed by atoms with Crippen LogP contribution >= 0.6 is 0 Å². The standard InChI is InChI=1S/C59H68O24/c1-70-40-18-30(9-13-37(40)62)11-15-49(65)78-29-48-58(81-50(66)16-12-31-10-14-38(63)41(19-31)71-2)52(68)53(69)59(80-48)83-57-44(74-5)20-32(21-45(57)75-6)17-35-28-79-54(36(35)26-60)33-24-46(76-7)56(47(25-33)77-8)82-55(39(64)27-61)34-22-42(72-3)51(67)43(23-34)73-4/h9-16,18-25,35-36,39,48,52-55,58-64,67-69H,17,26-29H2,1-8H3. The lowest BCUT2D eigenvalue weighted by Crippen LogP contribution is -2.61. The molecule has 10 unspecified atom stereocenters. The average Bonchev–Trinajstić information content (AvgIpc) is 3.93. The molecule has 448 valence electrons. The first-order chi connectivity index (χ1) is 40.0. The third kappa shape index (κ3) is 14.5. The van der Waals surface area contributed by atoms with Crippen molar-refractivity contribution in [2.45, 2.75) is 55.4 Å². The van der Waals surface area contributed by atoms with E-state index in [9.17, 15) is 50.4 Å². The van der Waals surface area contributed by atoms with Crippen LogP contribution in [0.25, 0.3) is 12.2 Å². The van der Waals surface area contributed by atoms with Gasteiger partial charge in [-0.3, -0.25) is 0 Å². The molecule has 2 aliphatic heterocycles.